The standard InChI is InChI=1S/C19H17Cl2N3O2S/c1-22-16-9-8-14-15(16)11-24(19(14)17-6-3-7-18(21)23-17)27(25,26)13-5-2-4-12(20)10-13/h2-7,10-11,16,22H,8-9H2,1H3. The summed E-state index contributed by atoms with van der Waals surface area (Å²) >= 11 is 12.1. The van der Waals surface area contributed by atoms with E-state index in [0.29, 0.717) is 21.6 Å². The normalized spacial score (nSPS) is 16.5. The number of fused-ring (bicyclic) bond motifs is 1. The molecule has 0 aliphatic heterocycles. The zero-order valence-corrected chi connectivity index (χ0v) is 16.8. The van der Waals surface area contributed by atoms with Gasteiger partial charge in [-0.2, -0.15) is 0 Å². The van der Waals surface area contributed by atoms with Crippen LogP contribution in [0.3, 0.4) is 0 Å². The molecule has 1 N–H and O–H groups in total. The molecule has 1 atom stereocenters. The van der Waals surface area contributed by atoms with Crippen LogP contribution < -0.4 is 5.32 Å². The maximum atomic E-state index is 13.4. The van der Waals surface area contributed by atoms with E-state index >= 15 is 0 Å². The van der Waals surface area contributed by atoms with Crippen LogP contribution in [0.5, 0.6) is 0 Å². The van der Waals surface area contributed by atoms with E-state index in [-0.39, 0.29) is 10.9 Å². The topological polar surface area (TPSA) is 64.0 Å². The number of pyridine rings is 1. The summed E-state index contributed by atoms with van der Waals surface area (Å²) in [6, 6.07) is 11.6. The van der Waals surface area contributed by atoms with E-state index < -0.39 is 10.0 Å². The summed E-state index contributed by atoms with van der Waals surface area (Å²) in [5, 5.41) is 3.93. The quantitative estimate of drug-likeness (QED) is 0.637. The number of hydrogen-bond donors (Lipinski definition) is 1. The Morgan fingerprint density at radius 3 is 2.67 bits per heavy atom. The van der Waals surface area contributed by atoms with Crippen LogP contribution in [0, 0.1) is 0 Å². The molecule has 8 heteroatoms. The van der Waals surface area contributed by atoms with Gasteiger partial charge in [0.25, 0.3) is 10.0 Å². The number of halogens is 2. The molecule has 0 bridgehead atoms. The van der Waals surface area contributed by atoms with E-state index in [9.17, 15) is 8.42 Å². The van der Waals surface area contributed by atoms with Gasteiger partial charge in [0.1, 0.15) is 5.15 Å². The first-order chi connectivity index (χ1) is 12.9. The summed E-state index contributed by atoms with van der Waals surface area (Å²) in [4.78, 5) is 4.50. The lowest BCUT2D eigenvalue weighted by molar-refractivity contribution is 0.579. The van der Waals surface area contributed by atoms with Gasteiger partial charge in [0, 0.05) is 17.3 Å². The average Bonchev–Trinajstić information content (AvgIpc) is 3.20. The lowest BCUT2D eigenvalue weighted by atomic mass is 10.1. The zero-order chi connectivity index (χ0) is 19.2. The summed E-state index contributed by atoms with van der Waals surface area (Å²) in [5.74, 6) is 0. The van der Waals surface area contributed by atoms with Crippen molar-refractivity contribution < 1.29 is 8.42 Å². The molecule has 5 nitrogen and oxygen atoms in total. The number of rotatable bonds is 4. The Labute approximate surface area is 168 Å². The van der Waals surface area contributed by atoms with Crippen LogP contribution >= 0.6 is 23.2 Å². The molecule has 0 saturated heterocycles. The van der Waals surface area contributed by atoms with Gasteiger partial charge in [-0.3, -0.25) is 0 Å². The van der Waals surface area contributed by atoms with Crippen LogP contribution in [0.2, 0.25) is 10.2 Å². The van der Waals surface area contributed by atoms with Crippen LogP contribution in [0.25, 0.3) is 11.4 Å². The highest BCUT2D eigenvalue weighted by atomic mass is 35.5. The molecule has 0 spiro atoms. The highest BCUT2D eigenvalue weighted by Gasteiger charge is 2.33. The predicted octanol–water partition coefficient (Wildman–Crippen LogP) is 4.30. The molecule has 1 unspecified atom stereocenters. The molecule has 4 rings (SSSR count). The van der Waals surface area contributed by atoms with Gasteiger partial charge in [-0.25, -0.2) is 17.4 Å². The second kappa shape index (κ2) is 6.95. The van der Waals surface area contributed by atoms with Crippen LogP contribution in [0.1, 0.15) is 23.6 Å². The minimum Gasteiger partial charge on any atom is -0.313 e. The number of nitrogens with one attached hydrogen (secondary N) is 1. The van der Waals surface area contributed by atoms with Crippen molar-refractivity contribution in [3.05, 3.63) is 70.0 Å². The third-order valence-corrected chi connectivity index (χ3v) is 6.93. The predicted molar refractivity (Wildman–Crippen MR) is 107 cm³/mol. The Hall–Kier alpha value is -1.86. The molecule has 2 aromatic heterocycles. The van der Waals surface area contributed by atoms with Crippen molar-refractivity contribution in [3.63, 3.8) is 0 Å². The summed E-state index contributed by atoms with van der Waals surface area (Å²) in [5.41, 5.74) is 3.05. The van der Waals surface area contributed by atoms with Crippen LogP contribution in [-0.2, 0) is 16.4 Å². The van der Waals surface area contributed by atoms with E-state index in [1.165, 1.54) is 16.1 Å². The molecule has 0 amide bonds. The summed E-state index contributed by atoms with van der Waals surface area (Å²) in [6.07, 6.45) is 3.37. The van der Waals surface area contributed by atoms with Gasteiger partial charge >= 0.3 is 0 Å². The first-order valence-corrected chi connectivity index (χ1v) is 10.7. The van der Waals surface area contributed by atoms with Gasteiger partial charge in [-0.15, -0.1) is 0 Å². The smallest absolute Gasteiger partial charge is 0.268 e. The van der Waals surface area contributed by atoms with Gasteiger partial charge in [-0.05, 0) is 61.3 Å². The third kappa shape index (κ3) is 3.17. The lowest BCUT2D eigenvalue weighted by Crippen LogP contribution is -2.16. The molecule has 1 aliphatic carbocycles. The van der Waals surface area contributed by atoms with Crippen molar-refractivity contribution in [2.75, 3.05) is 7.05 Å². The van der Waals surface area contributed by atoms with Crippen LogP contribution in [0.15, 0.2) is 53.6 Å². The van der Waals surface area contributed by atoms with Gasteiger partial charge in [0.2, 0.25) is 0 Å². The SMILES string of the molecule is CNC1CCc2c1cn(S(=O)(=O)c1cccc(Cl)c1)c2-c1cccc(Cl)n1. The second-order valence-electron chi connectivity index (χ2n) is 6.40. The van der Waals surface area contributed by atoms with Crippen molar-refractivity contribution >= 4 is 33.2 Å². The van der Waals surface area contributed by atoms with Crippen molar-refractivity contribution in [3.8, 4) is 11.4 Å². The van der Waals surface area contributed by atoms with Crippen LogP contribution in [0.4, 0.5) is 0 Å². The van der Waals surface area contributed by atoms with Crippen molar-refractivity contribution in [1.29, 1.82) is 0 Å². The first-order valence-electron chi connectivity index (χ1n) is 8.47. The number of hydrogen-bond acceptors (Lipinski definition) is 4. The fourth-order valence-corrected chi connectivity index (χ4v) is 5.45. The maximum Gasteiger partial charge on any atom is 0.268 e. The molecule has 1 aromatic carbocycles. The van der Waals surface area contributed by atoms with E-state index in [1.54, 1.807) is 36.5 Å². The summed E-state index contributed by atoms with van der Waals surface area (Å²) in [7, 11) is -1.97. The average molecular weight is 422 g/mol. The Bertz CT molecular complexity index is 1130. The molecule has 0 saturated carbocycles. The molecule has 0 fully saturated rings. The Balaban J connectivity index is 1.98. The zero-order valence-electron chi connectivity index (χ0n) is 14.5. The second-order valence-corrected chi connectivity index (χ2v) is 9.03. The van der Waals surface area contributed by atoms with E-state index in [4.69, 9.17) is 23.2 Å². The number of aromatic nitrogens is 2. The maximum absolute atomic E-state index is 13.4. The molecule has 3 aromatic rings. The molecule has 27 heavy (non-hydrogen) atoms. The molecule has 2 heterocycles. The monoisotopic (exact) mass is 421 g/mol. The Morgan fingerprint density at radius 2 is 1.96 bits per heavy atom. The molecular weight excluding hydrogens is 405 g/mol. The molecular formula is C19H17Cl2N3O2S. The van der Waals surface area contributed by atoms with Crippen LogP contribution in [-0.4, -0.2) is 24.4 Å². The fourth-order valence-electron chi connectivity index (χ4n) is 3.58. The minimum atomic E-state index is -3.84. The molecule has 1 aliphatic rings. The minimum absolute atomic E-state index is 0.105. The molecule has 0 radical (unpaired) electrons. The Kier molecular flexibility index (Phi) is 4.76. The fraction of sp³-hybridized carbons (Fsp3) is 0.211. The lowest BCUT2D eigenvalue weighted by Gasteiger charge is -2.13. The van der Waals surface area contributed by atoms with E-state index in [2.05, 4.69) is 10.3 Å². The van der Waals surface area contributed by atoms with Gasteiger partial charge in [0.15, 0.2) is 0 Å². The van der Waals surface area contributed by atoms with E-state index in [1.807, 2.05) is 7.05 Å². The van der Waals surface area contributed by atoms with E-state index in [0.717, 1.165) is 24.0 Å². The first kappa shape index (κ1) is 18.5. The highest BCUT2D eigenvalue weighted by molar-refractivity contribution is 7.90. The Morgan fingerprint density at radius 1 is 1.19 bits per heavy atom. The number of nitrogens with zero attached hydrogens (tertiary/aromatic N) is 2. The molecule has 140 valence electrons. The summed E-state index contributed by atoms with van der Waals surface area (Å²) in [6.45, 7) is 0. The van der Waals surface area contributed by atoms with Crippen molar-refractivity contribution in [2.45, 2.75) is 23.8 Å². The van der Waals surface area contributed by atoms with Gasteiger partial charge in [-0.1, -0.05) is 35.3 Å². The van der Waals surface area contributed by atoms with Crippen molar-refractivity contribution in [2.24, 2.45) is 0 Å². The van der Waals surface area contributed by atoms with Gasteiger partial charge < -0.3 is 5.32 Å². The summed E-state index contributed by atoms with van der Waals surface area (Å²) < 4.78 is 28.1. The largest absolute Gasteiger partial charge is 0.313 e. The van der Waals surface area contributed by atoms with Crippen molar-refractivity contribution in [1.82, 2.24) is 14.3 Å². The number of benzene rings is 1. The third-order valence-electron chi connectivity index (χ3n) is 4.83. The van der Waals surface area contributed by atoms with Gasteiger partial charge in [0.05, 0.1) is 16.3 Å². The highest BCUT2D eigenvalue weighted by Crippen LogP contribution is 2.40.